The van der Waals surface area contributed by atoms with Crippen molar-refractivity contribution in [3.63, 3.8) is 0 Å². The van der Waals surface area contributed by atoms with Crippen LogP contribution in [-0.4, -0.2) is 89.5 Å². The van der Waals surface area contributed by atoms with E-state index in [4.69, 9.17) is 37.1 Å². The summed E-state index contributed by atoms with van der Waals surface area (Å²) < 4.78 is 17.0. The van der Waals surface area contributed by atoms with Gasteiger partial charge in [0.1, 0.15) is 30.5 Å². The van der Waals surface area contributed by atoms with Gasteiger partial charge in [-0.25, -0.2) is 0 Å². The van der Waals surface area contributed by atoms with Gasteiger partial charge in [0.05, 0.1) is 12.1 Å². The first-order valence-electron chi connectivity index (χ1n) is 8.25. The third-order valence-corrected chi connectivity index (χ3v) is 4.70. The Kier molecular flexibility index (Phi) is 6.90. The summed E-state index contributed by atoms with van der Waals surface area (Å²) in [5, 5.41) is 30.2. The minimum atomic E-state index is -1.25. The predicted octanol–water partition coefficient (Wildman–Crippen LogP) is -4.07. The molecule has 1 saturated heterocycles. The lowest BCUT2D eigenvalue weighted by Gasteiger charge is -2.46. The van der Waals surface area contributed by atoms with Gasteiger partial charge in [0.25, 0.3) is 0 Å². The van der Waals surface area contributed by atoms with Crippen molar-refractivity contribution in [2.24, 2.45) is 22.9 Å². The molecule has 2 rings (SSSR count). The predicted molar refractivity (Wildman–Crippen MR) is 84.6 cm³/mol. The molecular formula is C14H30N4O6. The summed E-state index contributed by atoms with van der Waals surface area (Å²) in [5.41, 5.74) is 23.4. The average Bonchev–Trinajstić information content (AvgIpc) is 2.55. The zero-order valence-electron chi connectivity index (χ0n) is 13.8. The van der Waals surface area contributed by atoms with Crippen LogP contribution in [0.2, 0.25) is 0 Å². The van der Waals surface area contributed by atoms with E-state index in [0.717, 1.165) is 0 Å². The Balaban J connectivity index is 2.13. The van der Waals surface area contributed by atoms with Crippen LogP contribution in [0.5, 0.6) is 0 Å². The summed E-state index contributed by atoms with van der Waals surface area (Å²) in [6.07, 6.45) is -6.40. The fourth-order valence-electron chi connectivity index (χ4n) is 3.26. The highest BCUT2D eigenvalue weighted by atomic mass is 16.7. The van der Waals surface area contributed by atoms with Crippen molar-refractivity contribution in [3.8, 4) is 0 Å². The van der Waals surface area contributed by atoms with Gasteiger partial charge in [-0.3, -0.25) is 0 Å². The summed E-state index contributed by atoms with van der Waals surface area (Å²) in [4.78, 5) is 0. The third-order valence-electron chi connectivity index (χ3n) is 4.70. The lowest BCUT2D eigenvalue weighted by molar-refractivity contribution is -0.290. The van der Waals surface area contributed by atoms with Crippen LogP contribution in [0.4, 0.5) is 0 Å². The third kappa shape index (κ3) is 3.88. The number of ether oxygens (including phenoxy) is 3. The minimum Gasteiger partial charge on any atom is -0.389 e. The zero-order valence-corrected chi connectivity index (χ0v) is 13.8. The van der Waals surface area contributed by atoms with Gasteiger partial charge >= 0.3 is 0 Å². The number of rotatable bonds is 5. The second-order valence-corrected chi connectivity index (χ2v) is 6.41. The molecule has 10 unspecified atom stereocenters. The van der Waals surface area contributed by atoms with Crippen LogP contribution in [0.25, 0.3) is 0 Å². The van der Waals surface area contributed by atoms with E-state index in [1.54, 1.807) is 6.92 Å². The van der Waals surface area contributed by atoms with Crippen LogP contribution < -0.4 is 22.9 Å². The van der Waals surface area contributed by atoms with Crippen LogP contribution in [0, 0.1) is 0 Å². The summed E-state index contributed by atoms with van der Waals surface area (Å²) >= 11 is 0. The quantitative estimate of drug-likeness (QED) is 0.256. The Labute approximate surface area is 141 Å². The van der Waals surface area contributed by atoms with Crippen molar-refractivity contribution >= 4 is 0 Å². The van der Waals surface area contributed by atoms with Gasteiger partial charge in [-0.15, -0.1) is 0 Å². The largest absolute Gasteiger partial charge is 0.389 e. The average molecular weight is 350 g/mol. The molecule has 1 aliphatic carbocycles. The second kappa shape index (κ2) is 8.32. The van der Waals surface area contributed by atoms with Gasteiger partial charge in [-0.1, -0.05) is 0 Å². The van der Waals surface area contributed by atoms with Crippen molar-refractivity contribution in [3.05, 3.63) is 0 Å². The number of hydrogen-bond acceptors (Lipinski definition) is 10. The number of nitrogens with two attached hydrogens (primary N) is 4. The monoisotopic (exact) mass is 350 g/mol. The first kappa shape index (κ1) is 19.9. The molecular weight excluding hydrogens is 320 g/mol. The molecule has 10 heteroatoms. The van der Waals surface area contributed by atoms with E-state index in [2.05, 4.69) is 0 Å². The Bertz CT molecular complexity index is 403. The van der Waals surface area contributed by atoms with Crippen LogP contribution in [-0.2, 0) is 14.2 Å². The van der Waals surface area contributed by atoms with Gasteiger partial charge < -0.3 is 52.5 Å². The SMILES string of the molecule is CCOC1C(O)C(N)CC(N)C1OC1OC(CN)C(O)C(O)C1N. The van der Waals surface area contributed by atoms with Crippen molar-refractivity contribution < 1.29 is 29.5 Å². The maximum absolute atomic E-state index is 10.3. The van der Waals surface area contributed by atoms with Gasteiger partial charge in [-0.2, -0.15) is 0 Å². The maximum atomic E-state index is 10.3. The number of hydrogen-bond donors (Lipinski definition) is 7. The minimum absolute atomic E-state index is 0.0100. The number of aliphatic hydroxyl groups is 3. The molecule has 1 saturated carbocycles. The molecule has 10 atom stereocenters. The molecule has 142 valence electrons. The molecule has 2 fully saturated rings. The molecule has 2 aliphatic rings. The van der Waals surface area contributed by atoms with Gasteiger partial charge in [0.2, 0.25) is 0 Å². The van der Waals surface area contributed by atoms with Crippen molar-refractivity contribution in [2.45, 2.75) is 74.4 Å². The molecule has 0 bridgehead atoms. The van der Waals surface area contributed by atoms with Crippen LogP contribution in [0.1, 0.15) is 13.3 Å². The molecule has 0 aromatic carbocycles. The van der Waals surface area contributed by atoms with Crippen molar-refractivity contribution in [1.29, 1.82) is 0 Å². The molecule has 11 N–H and O–H groups in total. The van der Waals surface area contributed by atoms with E-state index >= 15 is 0 Å². The summed E-state index contributed by atoms with van der Waals surface area (Å²) in [6, 6.07) is -2.03. The molecule has 0 radical (unpaired) electrons. The normalized spacial score (nSPS) is 50.0. The first-order chi connectivity index (χ1) is 11.3. The van der Waals surface area contributed by atoms with E-state index in [1.807, 2.05) is 0 Å². The highest BCUT2D eigenvalue weighted by molar-refractivity contribution is 5.00. The number of aliphatic hydroxyl groups excluding tert-OH is 3. The molecule has 0 amide bonds. The molecule has 0 aromatic heterocycles. The standard InChI is InChI=1S/C14H30N4O6/c1-2-22-13-9(19)5(16)3-6(17)12(13)24-14-8(18)11(21)10(20)7(4-15)23-14/h5-14,19-21H,2-4,15-18H2,1H3. The van der Waals surface area contributed by atoms with Gasteiger partial charge in [0.15, 0.2) is 6.29 Å². The van der Waals surface area contributed by atoms with Crippen LogP contribution in [0.3, 0.4) is 0 Å². The second-order valence-electron chi connectivity index (χ2n) is 6.41. The fraction of sp³-hybridized carbons (Fsp3) is 1.00. The van der Waals surface area contributed by atoms with E-state index in [1.165, 1.54) is 0 Å². The Morgan fingerprint density at radius 3 is 2.25 bits per heavy atom. The summed E-state index contributed by atoms with van der Waals surface area (Å²) in [5.74, 6) is 0. The molecule has 1 heterocycles. The topological polar surface area (TPSA) is 192 Å². The molecule has 0 spiro atoms. The van der Waals surface area contributed by atoms with E-state index in [0.29, 0.717) is 13.0 Å². The van der Waals surface area contributed by atoms with Crippen LogP contribution >= 0.6 is 0 Å². The summed E-state index contributed by atoms with van der Waals surface area (Å²) in [7, 11) is 0. The fourth-order valence-corrected chi connectivity index (χ4v) is 3.26. The summed E-state index contributed by atoms with van der Waals surface area (Å²) in [6.45, 7) is 2.11. The van der Waals surface area contributed by atoms with E-state index < -0.39 is 61.0 Å². The van der Waals surface area contributed by atoms with E-state index in [-0.39, 0.29) is 6.54 Å². The van der Waals surface area contributed by atoms with Gasteiger partial charge in [0, 0.05) is 25.2 Å². The lowest BCUT2D eigenvalue weighted by atomic mass is 9.84. The molecule has 10 nitrogen and oxygen atoms in total. The van der Waals surface area contributed by atoms with Gasteiger partial charge in [-0.05, 0) is 13.3 Å². The molecule has 24 heavy (non-hydrogen) atoms. The Morgan fingerprint density at radius 2 is 1.67 bits per heavy atom. The van der Waals surface area contributed by atoms with Crippen molar-refractivity contribution in [2.75, 3.05) is 13.2 Å². The first-order valence-corrected chi connectivity index (χ1v) is 8.25. The Morgan fingerprint density at radius 1 is 1.00 bits per heavy atom. The van der Waals surface area contributed by atoms with Crippen LogP contribution in [0.15, 0.2) is 0 Å². The highest BCUT2D eigenvalue weighted by Crippen LogP contribution is 2.28. The lowest BCUT2D eigenvalue weighted by Crippen LogP contribution is -2.67. The molecule has 0 aromatic rings. The molecule has 1 aliphatic heterocycles. The Hall–Kier alpha value is -0.400. The van der Waals surface area contributed by atoms with E-state index in [9.17, 15) is 15.3 Å². The zero-order chi connectivity index (χ0) is 18.0. The smallest absolute Gasteiger partial charge is 0.176 e. The maximum Gasteiger partial charge on any atom is 0.176 e. The highest BCUT2D eigenvalue weighted by Gasteiger charge is 2.48. The van der Waals surface area contributed by atoms with Crippen molar-refractivity contribution in [1.82, 2.24) is 0 Å².